The summed E-state index contributed by atoms with van der Waals surface area (Å²) in [4.78, 5) is 4.21. The third kappa shape index (κ3) is 1.52. The van der Waals surface area contributed by atoms with Crippen LogP contribution in [0.3, 0.4) is 0 Å². The fraction of sp³-hybridized carbons (Fsp3) is 0.154. The van der Waals surface area contributed by atoms with Gasteiger partial charge < -0.3 is 4.42 Å². The van der Waals surface area contributed by atoms with E-state index in [-0.39, 0.29) is 5.82 Å². The molecule has 4 nitrogen and oxygen atoms in total. The molecule has 2 aromatic rings. The van der Waals surface area contributed by atoms with Gasteiger partial charge in [-0.2, -0.15) is 0 Å². The average molecular weight is 311 g/mol. The lowest BCUT2D eigenvalue weighted by Gasteiger charge is -1.98. The standard InChI is InChI=1S/C13H9ClFN3OS/c1-2-10-16-5-11(19-10)20-17-9-4-3-8(15)12-7(14)6-18(20)13(9)12/h3-6H,2H2,1H3/p+1. The molecule has 7 heteroatoms. The van der Waals surface area contributed by atoms with Gasteiger partial charge in [0.1, 0.15) is 22.1 Å². The summed E-state index contributed by atoms with van der Waals surface area (Å²) in [6, 6.07) is 3.14. The van der Waals surface area contributed by atoms with Crippen LogP contribution in [0.15, 0.2) is 34.0 Å². The molecule has 0 bridgehead atoms. The van der Waals surface area contributed by atoms with E-state index in [2.05, 4.69) is 9.71 Å². The number of nitrogens with zero attached hydrogens (tertiary/aromatic N) is 2. The number of benzene rings is 1. The maximum Gasteiger partial charge on any atom is 0.256 e. The average Bonchev–Trinajstić information content (AvgIpc) is 3.10. The number of halogens is 2. The van der Waals surface area contributed by atoms with Gasteiger partial charge in [0.2, 0.25) is 17.1 Å². The second kappa shape index (κ2) is 4.17. The van der Waals surface area contributed by atoms with Crippen LogP contribution in [0.4, 0.5) is 15.8 Å². The molecule has 1 N–H and O–H groups in total. The summed E-state index contributed by atoms with van der Waals surface area (Å²) in [6.07, 6.45) is 4.17. The number of anilines is 1. The fourth-order valence-corrected chi connectivity index (χ4v) is 4.34. The maximum absolute atomic E-state index is 13.9. The number of aryl methyl sites for hydroxylation is 1. The quantitative estimate of drug-likeness (QED) is 0.858. The number of aromatic nitrogens is 1. The molecule has 1 unspecified atom stereocenters. The van der Waals surface area contributed by atoms with Crippen molar-refractivity contribution in [2.45, 2.75) is 18.4 Å². The molecule has 1 aromatic carbocycles. The van der Waals surface area contributed by atoms with E-state index in [1.54, 1.807) is 18.5 Å². The van der Waals surface area contributed by atoms with Gasteiger partial charge in [0, 0.05) is 6.42 Å². The smallest absolute Gasteiger partial charge is 0.256 e. The van der Waals surface area contributed by atoms with E-state index in [0.29, 0.717) is 21.6 Å². The zero-order valence-corrected chi connectivity index (χ0v) is 12.1. The Morgan fingerprint density at radius 2 is 2.35 bits per heavy atom. The van der Waals surface area contributed by atoms with Gasteiger partial charge in [0.15, 0.2) is 5.89 Å². The topological polar surface area (TPSA) is 41.1 Å². The van der Waals surface area contributed by atoms with Crippen molar-refractivity contribution < 1.29 is 12.8 Å². The monoisotopic (exact) mass is 310 g/mol. The van der Waals surface area contributed by atoms with Crippen molar-refractivity contribution in [2.75, 3.05) is 4.72 Å². The summed E-state index contributed by atoms with van der Waals surface area (Å²) in [5.41, 5.74) is 2.07. The molecule has 0 radical (unpaired) electrons. The lowest BCUT2D eigenvalue weighted by molar-refractivity contribution is -0.321. The second-order valence-electron chi connectivity index (χ2n) is 4.43. The first-order chi connectivity index (χ1) is 9.69. The Labute approximate surface area is 122 Å². The zero-order valence-electron chi connectivity index (χ0n) is 10.5. The van der Waals surface area contributed by atoms with Gasteiger partial charge in [-0.1, -0.05) is 18.5 Å². The maximum atomic E-state index is 13.9. The predicted molar refractivity (Wildman–Crippen MR) is 75.3 cm³/mol. The molecular formula is C13H10ClFN3OS+. The van der Waals surface area contributed by atoms with Crippen molar-refractivity contribution >= 4 is 38.9 Å². The van der Waals surface area contributed by atoms with E-state index < -0.39 is 10.9 Å². The Hall–Kier alpha value is -1.66. The first-order valence-corrected chi connectivity index (χ1v) is 7.70. The highest BCUT2D eigenvalue weighted by Gasteiger charge is 2.41. The van der Waals surface area contributed by atoms with Crippen LogP contribution in [0.5, 0.6) is 0 Å². The molecule has 2 aliphatic rings. The molecule has 3 heterocycles. The van der Waals surface area contributed by atoms with Gasteiger partial charge in [-0.3, -0.25) is 4.72 Å². The van der Waals surface area contributed by atoms with E-state index in [4.69, 9.17) is 16.0 Å². The van der Waals surface area contributed by atoms with Crippen LogP contribution >= 0.6 is 11.6 Å². The highest BCUT2D eigenvalue weighted by Crippen LogP contribution is 2.47. The van der Waals surface area contributed by atoms with Gasteiger partial charge >= 0.3 is 0 Å². The lowest BCUT2D eigenvalue weighted by Crippen LogP contribution is -2.05. The summed E-state index contributed by atoms with van der Waals surface area (Å²) in [5, 5.41) is 1.13. The number of rotatable bonds is 2. The minimum absolute atomic E-state index is 0.313. The van der Waals surface area contributed by atoms with Gasteiger partial charge in [0.25, 0.3) is 10.8 Å². The van der Waals surface area contributed by atoms with E-state index in [1.165, 1.54) is 6.07 Å². The molecule has 2 aliphatic heterocycles. The van der Waals surface area contributed by atoms with Crippen LogP contribution in [-0.2, 0) is 17.3 Å². The Balaban J connectivity index is 1.93. The summed E-state index contributed by atoms with van der Waals surface area (Å²) in [6.45, 7) is 1.98. The van der Waals surface area contributed by atoms with Crippen LogP contribution in [0.1, 0.15) is 18.4 Å². The normalized spacial score (nSPS) is 19.1. The molecule has 20 heavy (non-hydrogen) atoms. The van der Waals surface area contributed by atoms with Crippen molar-refractivity contribution in [1.29, 1.82) is 0 Å². The van der Waals surface area contributed by atoms with E-state index >= 15 is 0 Å². The van der Waals surface area contributed by atoms with Crippen molar-refractivity contribution in [2.24, 2.45) is 0 Å². The fourth-order valence-electron chi connectivity index (χ4n) is 2.33. The SMILES string of the molecule is CCc1ncc(S2=[N+]3C=C(Cl)c4c(F)ccc(c43)N2)o1. The first kappa shape index (κ1) is 12.1. The van der Waals surface area contributed by atoms with E-state index in [0.717, 1.165) is 17.8 Å². The van der Waals surface area contributed by atoms with Crippen LogP contribution in [0, 0.1) is 5.82 Å². The van der Waals surface area contributed by atoms with Crippen molar-refractivity contribution in [1.82, 2.24) is 4.98 Å². The molecule has 4 rings (SSSR count). The molecule has 102 valence electrons. The largest absolute Gasteiger partial charge is 0.427 e. The minimum Gasteiger partial charge on any atom is -0.427 e. The van der Waals surface area contributed by atoms with Crippen LogP contribution in [-0.4, -0.2) is 8.93 Å². The summed E-state index contributed by atoms with van der Waals surface area (Å²) in [7, 11) is -0.556. The molecule has 0 amide bonds. The zero-order chi connectivity index (χ0) is 13.9. The van der Waals surface area contributed by atoms with Crippen LogP contribution < -0.4 is 4.72 Å². The Morgan fingerprint density at radius 3 is 3.10 bits per heavy atom. The first-order valence-electron chi connectivity index (χ1n) is 6.14. The van der Waals surface area contributed by atoms with Gasteiger partial charge in [-0.05, 0) is 12.1 Å². The molecular weight excluding hydrogens is 301 g/mol. The summed E-state index contributed by atoms with van der Waals surface area (Å²) < 4.78 is 24.8. The molecule has 1 aromatic heterocycles. The van der Waals surface area contributed by atoms with E-state index in [1.807, 2.05) is 10.9 Å². The van der Waals surface area contributed by atoms with Gasteiger partial charge in [-0.25, -0.2) is 9.37 Å². The highest BCUT2D eigenvalue weighted by molar-refractivity contribution is 7.86. The van der Waals surface area contributed by atoms with Crippen molar-refractivity contribution in [3.8, 4) is 0 Å². The lowest BCUT2D eigenvalue weighted by atomic mass is 10.1. The van der Waals surface area contributed by atoms with Crippen LogP contribution in [0.2, 0.25) is 0 Å². The highest BCUT2D eigenvalue weighted by atomic mass is 35.5. The van der Waals surface area contributed by atoms with Crippen molar-refractivity contribution in [3.63, 3.8) is 0 Å². The van der Waals surface area contributed by atoms with Gasteiger partial charge in [0.05, 0.1) is 6.20 Å². The number of hydrogen-bond acceptors (Lipinski definition) is 3. The third-order valence-electron chi connectivity index (χ3n) is 3.25. The molecule has 0 saturated heterocycles. The summed E-state index contributed by atoms with van der Waals surface area (Å²) in [5.74, 6) is 0.373. The molecule has 0 aliphatic carbocycles. The Kier molecular flexibility index (Phi) is 2.52. The van der Waals surface area contributed by atoms with Crippen molar-refractivity contribution in [3.05, 3.63) is 41.8 Å². The summed E-state index contributed by atoms with van der Waals surface area (Å²) >= 11 is 6.14. The number of nitrogens with one attached hydrogen (secondary N) is 1. The second-order valence-corrected chi connectivity index (χ2v) is 6.41. The predicted octanol–water partition coefficient (Wildman–Crippen LogP) is 3.77. The van der Waals surface area contributed by atoms with E-state index in [9.17, 15) is 4.39 Å². The number of hydrogen-bond donors (Lipinski definition) is 1. The molecule has 1 atom stereocenters. The molecule has 0 fully saturated rings. The third-order valence-corrected chi connectivity index (χ3v) is 5.20. The number of oxazole rings is 1. The minimum atomic E-state index is -0.556. The van der Waals surface area contributed by atoms with Crippen LogP contribution in [0.25, 0.3) is 5.03 Å². The Bertz CT molecular complexity index is 812. The molecule has 0 spiro atoms. The van der Waals surface area contributed by atoms with Gasteiger partial charge in [-0.15, -0.1) is 3.95 Å². The Morgan fingerprint density at radius 1 is 1.50 bits per heavy atom. The molecule has 0 saturated carbocycles.